The van der Waals surface area contributed by atoms with Crippen molar-refractivity contribution in [1.29, 1.82) is 0 Å². The standard InChI is InChI=1S/C14H21N3O3.2ClH/c15-8-12(9-16)17-13(18)6-7-14(19)20-10-11-4-2-1-3-5-11;;/h1-5,12H,6-10,15-16H2,(H,17,18);2*1H. The van der Waals surface area contributed by atoms with Crippen LogP contribution in [0.15, 0.2) is 30.3 Å². The number of esters is 1. The highest BCUT2D eigenvalue weighted by molar-refractivity contribution is 5.85. The molecule has 1 amide bonds. The minimum Gasteiger partial charge on any atom is -0.461 e. The molecule has 1 aromatic carbocycles. The Labute approximate surface area is 142 Å². The molecule has 0 unspecified atom stereocenters. The van der Waals surface area contributed by atoms with Gasteiger partial charge in [-0.1, -0.05) is 30.3 Å². The van der Waals surface area contributed by atoms with Gasteiger partial charge in [0.05, 0.1) is 12.5 Å². The Morgan fingerprint density at radius 3 is 2.18 bits per heavy atom. The lowest BCUT2D eigenvalue weighted by molar-refractivity contribution is -0.146. The van der Waals surface area contributed by atoms with Crippen LogP contribution in [-0.2, 0) is 20.9 Å². The minimum atomic E-state index is -0.402. The molecule has 0 radical (unpaired) electrons. The van der Waals surface area contributed by atoms with E-state index in [0.29, 0.717) is 0 Å². The van der Waals surface area contributed by atoms with Gasteiger partial charge in [-0.3, -0.25) is 9.59 Å². The van der Waals surface area contributed by atoms with Crippen molar-refractivity contribution in [2.24, 2.45) is 11.5 Å². The second-order valence-electron chi connectivity index (χ2n) is 4.38. The molecule has 8 heteroatoms. The summed E-state index contributed by atoms with van der Waals surface area (Å²) in [4.78, 5) is 23.0. The summed E-state index contributed by atoms with van der Waals surface area (Å²) in [5.41, 5.74) is 11.7. The van der Waals surface area contributed by atoms with Gasteiger partial charge in [0.1, 0.15) is 6.61 Å². The van der Waals surface area contributed by atoms with Gasteiger partial charge in [0.2, 0.25) is 5.91 Å². The van der Waals surface area contributed by atoms with Gasteiger partial charge in [-0.15, -0.1) is 24.8 Å². The van der Waals surface area contributed by atoms with Gasteiger partial charge in [0.15, 0.2) is 0 Å². The van der Waals surface area contributed by atoms with Crippen LogP contribution in [-0.4, -0.2) is 31.0 Å². The normalized spacial score (nSPS) is 9.41. The van der Waals surface area contributed by atoms with Crippen LogP contribution in [0.5, 0.6) is 0 Å². The molecule has 0 heterocycles. The quantitative estimate of drug-likeness (QED) is 0.599. The Bertz CT molecular complexity index is 429. The third-order valence-electron chi connectivity index (χ3n) is 2.73. The number of halogens is 2. The largest absolute Gasteiger partial charge is 0.461 e. The molecule has 1 rings (SSSR count). The number of rotatable bonds is 8. The van der Waals surface area contributed by atoms with Crippen LogP contribution < -0.4 is 16.8 Å². The van der Waals surface area contributed by atoms with Crippen LogP contribution >= 0.6 is 24.8 Å². The van der Waals surface area contributed by atoms with E-state index in [2.05, 4.69) is 5.32 Å². The Morgan fingerprint density at radius 2 is 1.64 bits per heavy atom. The van der Waals surface area contributed by atoms with Crippen LogP contribution in [0.25, 0.3) is 0 Å². The number of ether oxygens (including phenoxy) is 1. The zero-order chi connectivity index (χ0) is 14.8. The summed E-state index contributed by atoms with van der Waals surface area (Å²) >= 11 is 0. The monoisotopic (exact) mass is 351 g/mol. The van der Waals surface area contributed by atoms with Crippen LogP contribution in [0.2, 0.25) is 0 Å². The minimum absolute atomic E-state index is 0. The van der Waals surface area contributed by atoms with E-state index in [1.54, 1.807) is 0 Å². The SMILES string of the molecule is Cl.Cl.NCC(CN)NC(=O)CCC(=O)OCc1ccccc1. The number of amides is 1. The molecule has 0 aliphatic heterocycles. The van der Waals surface area contributed by atoms with Crippen molar-refractivity contribution in [3.05, 3.63) is 35.9 Å². The number of nitrogens with two attached hydrogens (primary N) is 2. The lowest BCUT2D eigenvalue weighted by atomic mass is 10.2. The molecular formula is C14H23Cl2N3O3. The third-order valence-corrected chi connectivity index (χ3v) is 2.73. The van der Waals surface area contributed by atoms with Crippen molar-refractivity contribution in [2.75, 3.05) is 13.1 Å². The highest BCUT2D eigenvalue weighted by Gasteiger charge is 2.11. The van der Waals surface area contributed by atoms with Gasteiger partial charge in [-0.05, 0) is 5.56 Å². The fourth-order valence-electron chi connectivity index (χ4n) is 1.54. The summed E-state index contributed by atoms with van der Waals surface area (Å²) in [6.45, 7) is 0.775. The molecule has 0 saturated heterocycles. The molecular weight excluding hydrogens is 329 g/mol. The van der Waals surface area contributed by atoms with Crippen molar-refractivity contribution in [1.82, 2.24) is 5.32 Å². The molecule has 0 spiro atoms. The van der Waals surface area contributed by atoms with E-state index in [-0.39, 0.29) is 69.3 Å². The Balaban J connectivity index is 0. The Hall–Kier alpha value is -1.34. The average molecular weight is 352 g/mol. The fourth-order valence-corrected chi connectivity index (χ4v) is 1.54. The number of benzene rings is 1. The number of carbonyl (C=O) groups is 2. The van der Waals surface area contributed by atoms with Crippen LogP contribution in [0.1, 0.15) is 18.4 Å². The molecule has 0 aliphatic rings. The van der Waals surface area contributed by atoms with Crippen LogP contribution in [0, 0.1) is 0 Å². The molecule has 22 heavy (non-hydrogen) atoms. The maximum Gasteiger partial charge on any atom is 0.306 e. The maximum absolute atomic E-state index is 11.5. The third kappa shape index (κ3) is 9.57. The van der Waals surface area contributed by atoms with Gasteiger partial charge in [-0.25, -0.2) is 0 Å². The molecule has 0 aromatic heterocycles. The molecule has 0 saturated carbocycles. The van der Waals surface area contributed by atoms with Gasteiger partial charge >= 0.3 is 5.97 Å². The van der Waals surface area contributed by atoms with E-state index < -0.39 is 5.97 Å². The molecule has 126 valence electrons. The van der Waals surface area contributed by atoms with Crippen molar-refractivity contribution in [3.8, 4) is 0 Å². The van der Waals surface area contributed by atoms with E-state index in [9.17, 15) is 9.59 Å². The molecule has 0 bridgehead atoms. The van der Waals surface area contributed by atoms with Crippen molar-refractivity contribution >= 4 is 36.7 Å². The summed E-state index contributed by atoms with van der Waals surface area (Å²) in [7, 11) is 0. The first-order valence-electron chi connectivity index (χ1n) is 6.54. The van der Waals surface area contributed by atoms with Crippen LogP contribution in [0.3, 0.4) is 0 Å². The zero-order valence-corrected chi connectivity index (χ0v) is 13.8. The highest BCUT2D eigenvalue weighted by Crippen LogP contribution is 2.02. The first-order chi connectivity index (χ1) is 9.65. The van der Waals surface area contributed by atoms with E-state index in [1.807, 2.05) is 30.3 Å². The Kier molecular flexibility index (Phi) is 13.9. The van der Waals surface area contributed by atoms with E-state index in [4.69, 9.17) is 16.2 Å². The second kappa shape index (κ2) is 13.3. The summed E-state index contributed by atoms with van der Waals surface area (Å²) < 4.78 is 5.07. The summed E-state index contributed by atoms with van der Waals surface area (Å²) in [6, 6.07) is 9.12. The number of hydrogen-bond acceptors (Lipinski definition) is 5. The fraction of sp³-hybridized carbons (Fsp3) is 0.429. The van der Waals surface area contributed by atoms with Gasteiger partial charge in [0, 0.05) is 19.5 Å². The number of hydrogen-bond donors (Lipinski definition) is 3. The first-order valence-corrected chi connectivity index (χ1v) is 6.54. The topological polar surface area (TPSA) is 107 Å². The smallest absolute Gasteiger partial charge is 0.306 e. The lowest BCUT2D eigenvalue weighted by Gasteiger charge is -2.14. The van der Waals surface area contributed by atoms with Gasteiger partial charge in [0.25, 0.3) is 0 Å². The number of carbonyl (C=O) groups excluding carboxylic acids is 2. The first kappa shape index (κ1) is 22.9. The molecule has 5 N–H and O–H groups in total. The van der Waals surface area contributed by atoms with Crippen molar-refractivity contribution in [2.45, 2.75) is 25.5 Å². The summed E-state index contributed by atoms with van der Waals surface area (Å²) in [6.07, 6.45) is 0.116. The van der Waals surface area contributed by atoms with E-state index >= 15 is 0 Å². The number of nitrogens with one attached hydrogen (secondary N) is 1. The molecule has 0 aliphatic carbocycles. The Morgan fingerprint density at radius 1 is 1.05 bits per heavy atom. The maximum atomic E-state index is 11.5. The van der Waals surface area contributed by atoms with Crippen LogP contribution in [0.4, 0.5) is 0 Å². The average Bonchev–Trinajstić information content (AvgIpc) is 2.49. The predicted molar refractivity (Wildman–Crippen MR) is 90.0 cm³/mol. The van der Waals surface area contributed by atoms with E-state index in [0.717, 1.165) is 5.56 Å². The van der Waals surface area contributed by atoms with Crippen molar-refractivity contribution in [3.63, 3.8) is 0 Å². The van der Waals surface area contributed by atoms with E-state index in [1.165, 1.54) is 0 Å². The van der Waals surface area contributed by atoms with Gasteiger partial charge < -0.3 is 21.5 Å². The second-order valence-corrected chi connectivity index (χ2v) is 4.38. The molecule has 1 aromatic rings. The van der Waals surface area contributed by atoms with Crippen molar-refractivity contribution < 1.29 is 14.3 Å². The van der Waals surface area contributed by atoms with Gasteiger partial charge in [-0.2, -0.15) is 0 Å². The summed E-state index contributed by atoms with van der Waals surface area (Å²) in [5.74, 6) is -0.649. The molecule has 0 atom stereocenters. The molecule has 6 nitrogen and oxygen atoms in total. The molecule has 0 fully saturated rings. The lowest BCUT2D eigenvalue weighted by Crippen LogP contribution is -2.45. The highest BCUT2D eigenvalue weighted by atomic mass is 35.5. The predicted octanol–water partition coefficient (Wildman–Crippen LogP) is 0.756. The summed E-state index contributed by atoms with van der Waals surface area (Å²) in [5, 5.41) is 2.65. The zero-order valence-electron chi connectivity index (χ0n) is 12.2.